The number of sulfonamides is 1. The van der Waals surface area contributed by atoms with Gasteiger partial charge < -0.3 is 9.47 Å². The molecule has 0 spiro atoms. The Morgan fingerprint density at radius 3 is 2.56 bits per heavy atom. The van der Waals surface area contributed by atoms with E-state index in [0.29, 0.717) is 35.0 Å². The van der Waals surface area contributed by atoms with Gasteiger partial charge in [-0.2, -0.15) is 0 Å². The lowest BCUT2D eigenvalue weighted by atomic mass is 9.96. The molecule has 2 heterocycles. The zero-order chi connectivity index (χ0) is 19.6. The highest BCUT2D eigenvalue weighted by atomic mass is 32.2. The molecular weight excluding hydrogens is 364 g/mol. The van der Waals surface area contributed by atoms with Crippen molar-refractivity contribution in [1.29, 1.82) is 0 Å². The van der Waals surface area contributed by atoms with Crippen LogP contribution in [0.15, 0.2) is 35.5 Å². The number of nitrogens with zero attached hydrogens (tertiary/aromatic N) is 1. The predicted molar refractivity (Wildman–Crippen MR) is 104 cm³/mol. The number of aryl methyl sites for hydroxylation is 1. The highest BCUT2D eigenvalue weighted by molar-refractivity contribution is 7.89. The average molecular weight is 391 g/mol. The molecule has 146 valence electrons. The molecule has 0 radical (unpaired) electrons. The van der Waals surface area contributed by atoms with Crippen LogP contribution in [0.2, 0.25) is 0 Å². The fourth-order valence-electron chi connectivity index (χ4n) is 3.66. The maximum absolute atomic E-state index is 13.2. The van der Waals surface area contributed by atoms with Crippen LogP contribution in [-0.2, 0) is 21.2 Å². The number of nitrogens with one attached hydrogen (secondary N) is 1. The van der Waals surface area contributed by atoms with Crippen LogP contribution in [0.1, 0.15) is 22.3 Å². The first-order valence-electron chi connectivity index (χ1n) is 8.97. The van der Waals surface area contributed by atoms with E-state index in [1.54, 1.807) is 32.5 Å². The van der Waals surface area contributed by atoms with E-state index in [4.69, 9.17) is 9.47 Å². The van der Waals surface area contributed by atoms with Crippen LogP contribution in [0.3, 0.4) is 0 Å². The number of pyridine rings is 1. The maximum atomic E-state index is 13.2. The molecule has 0 aliphatic carbocycles. The summed E-state index contributed by atoms with van der Waals surface area (Å²) in [7, 11) is -2.09. The average Bonchev–Trinajstić information content (AvgIpc) is 3.04. The molecule has 6 nitrogen and oxygen atoms in total. The van der Waals surface area contributed by atoms with E-state index >= 15 is 0 Å². The fourth-order valence-corrected chi connectivity index (χ4v) is 5.47. The fraction of sp³-hybridized carbons (Fsp3) is 0.450. The van der Waals surface area contributed by atoms with Crippen LogP contribution < -0.4 is 9.46 Å². The zero-order valence-corrected chi connectivity index (χ0v) is 17.0. The first-order valence-corrected chi connectivity index (χ1v) is 10.5. The summed E-state index contributed by atoms with van der Waals surface area (Å²) in [5, 5.41) is 0. The summed E-state index contributed by atoms with van der Waals surface area (Å²) in [6.07, 6.45) is 4.24. The van der Waals surface area contributed by atoms with Gasteiger partial charge in [0.2, 0.25) is 10.0 Å². The number of benzene rings is 1. The van der Waals surface area contributed by atoms with E-state index in [1.165, 1.54) is 0 Å². The van der Waals surface area contributed by atoms with E-state index in [2.05, 4.69) is 9.71 Å². The maximum Gasteiger partial charge on any atom is 0.241 e. The first-order chi connectivity index (χ1) is 12.8. The minimum atomic E-state index is -3.68. The van der Waals surface area contributed by atoms with Crippen molar-refractivity contribution >= 4 is 10.0 Å². The summed E-state index contributed by atoms with van der Waals surface area (Å²) >= 11 is 0. The van der Waals surface area contributed by atoms with Gasteiger partial charge in [-0.05, 0) is 67.6 Å². The first kappa shape index (κ1) is 19.8. The minimum absolute atomic E-state index is 0.0853. The van der Waals surface area contributed by atoms with Gasteiger partial charge in [-0.3, -0.25) is 4.98 Å². The Hall–Kier alpha value is -1.96. The normalized spacial score (nSPS) is 20.0. The van der Waals surface area contributed by atoms with Crippen LogP contribution in [0.4, 0.5) is 0 Å². The van der Waals surface area contributed by atoms with E-state index in [9.17, 15) is 8.42 Å². The van der Waals surface area contributed by atoms with Gasteiger partial charge in [0.15, 0.2) is 0 Å². The summed E-state index contributed by atoms with van der Waals surface area (Å²) in [6, 6.07) is 5.41. The van der Waals surface area contributed by atoms with E-state index < -0.39 is 10.0 Å². The molecular formula is C20H26N2O4S. The largest absolute Gasteiger partial charge is 0.496 e. The Balaban J connectivity index is 1.85. The molecule has 1 N–H and O–H groups in total. The Bertz CT molecular complexity index is 913. The molecule has 1 aliphatic rings. The molecule has 7 heteroatoms. The Kier molecular flexibility index (Phi) is 5.83. The second-order valence-corrected chi connectivity index (χ2v) is 8.71. The number of ether oxygens (including phenoxy) is 2. The molecule has 0 unspecified atom stereocenters. The lowest BCUT2D eigenvalue weighted by molar-refractivity contribution is 0.183. The number of aromatic nitrogens is 1. The molecule has 1 aromatic heterocycles. The SMILES string of the molecule is COc1cc(C)c(S(=O)(=O)N[C@@H]2COC[C@H]2Cc2ccncc2)c(C)c1C. The topological polar surface area (TPSA) is 77.5 Å². The monoisotopic (exact) mass is 390 g/mol. The number of hydrogen-bond acceptors (Lipinski definition) is 5. The van der Waals surface area contributed by atoms with Crippen LogP contribution in [0.25, 0.3) is 0 Å². The van der Waals surface area contributed by atoms with Crippen molar-refractivity contribution in [2.24, 2.45) is 5.92 Å². The molecule has 0 saturated carbocycles. The third kappa shape index (κ3) is 4.15. The molecule has 27 heavy (non-hydrogen) atoms. The molecule has 1 aromatic carbocycles. The Morgan fingerprint density at radius 2 is 1.89 bits per heavy atom. The van der Waals surface area contributed by atoms with Crippen molar-refractivity contribution in [3.05, 3.63) is 52.8 Å². The van der Waals surface area contributed by atoms with Crippen molar-refractivity contribution in [1.82, 2.24) is 9.71 Å². The molecule has 1 fully saturated rings. The highest BCUT2D eigenvalue weighted by Crippen LogP contribution is 2.31. The van der Waals surface area contributed by atoms with Crippen LogP contribution >= 0.6 is 0 Å². The van der Waals surface area contributed by atoms with Crippen LogP contribution in [0.5, 0.6) is 5.75 Å². The number of methoxy groups -OCH3 is 1. The second-order valence-electron chi connectivity index (χ2n) is 7.06. The minimum Gasteiger partial charge on any atom is -0.496 e. The summed E-state index contributed by atoms with van der Waals surface area (Å²) in [5.74, 6) is 0.783. The smallest absolute Gasteiger partial charge is 0.241 e. The van der Waals surface area contributed by atoms with Gasteiger partial charge in [0.25, 0.3) is 0 Å². The lowest BCUT2D eigenvalue weighted by Gasteiger charge is -2.22. The highest BCUT2D eigenvalue weighted by Gasteiger charge is 2.33. The van der Waals surface area contributed by atoms with Gasteiger partial charge in [-0.15, -0.1) is 0 Å². The molecule has 2 atom stereocenters. The third-order valence-electron chi connectivity index (χ3n) is 5.22. The lowest BCUT2D eigenvalue weighted by Crippen LogP contribution is -2.41. The zero-order valence-electron chi connectivity index (χ0n) is 16.2. The standard InChI is InChI=1S/C20H26N2O4S/c1-13-9-19(25-4)14(2)15(3)20(13)27(23,24)22-18-12-26-11-17(18)10-16-5-7-21-8-6-16/h5-9,17-18,22H,10-12H2,1-4H3/t17-,18-/m1/s1. The van der Waals surface area contributed by atoms with Gasteiger partial charge in [0, 0.05) is 18.3 Å². The third-order valence-corrected chi connectivity index (χ3v) is 7.00. The number of rotatable bonds is 6. The quantitative estimate of drug-likeness (QED) is 0.820. The molecule has 0 bridgehead atoms. The van der Waals surface area contributed by atoms with Gasteiger partial charge in [0.05, 0.1) is 31.3 Å². The molecule has 3 rings (SSSR count). The van der Waals surface area contributed by atoms with E-state index in [1.807, 2.05) is 26.0 Å². The van der Waals surface area contributed by atoms with Crippen molar-refractivity contribution in [2.45, 2.75) is 38.1 Å². The molecule has 2 aromatic rings. The second kappa shape index (κ2) is 7.96. The summed E-state index contributed by atoms with van der Waals surface area (Å²) < 4.78 is 40.1. The van der Waals surface area contributed by atoms with Crippen LogP contribution in [-0.4, -0.2) is 39.8 Å². The molecule has 1 saturated heterocycles. The van der Waals surface area contributed by atoms with Gasteiger partial charge in [0.1, 0.15) is 5.75 Å². The van der Waals surface area contributed by atoms with Gasteiger partial charge in [-0.1, -0.05) is 0 Å². The molecule has 1 aliphatic heterocycles. The van der Waals surface area contributed by atoms with Crippen molar-refractivity contribution in [2.75, 3.05) is 20.3 Å². The predicted octanol–water partition coefficient (Wildman–Crippen LogP) is 2.55. The van der Waals surface area contributed by atoms with Crippen molar-refractivity contribution < 1.29 is 17.9 Å². The van der Waals surface area contributed by atoms with E-state index in [0.717, 1.165) is 17.5 Å². The van der Waals surface area contributed by atoms with Gasteiger partial charge in [-0.25, -0.2) is 13.1 Å². The van der Waals surface area contributed by atoms with E-state index in [-0.39, 0.29) is 12.0 Å². The summed E-state index contributed by atoms with van der Waals surface area (Å²) in [4.78, 5) is 4.36. The van der Waals surface area contributed by atoms with Crippen molar-refractivity contribution in [3.8, 4) is 5.75 Å². The summed E-state index contributed by atoms with van der Waals surface area (Å²) in [5.41, 5.74) is 3.34. The Labute approximate surface area is 161 Å². The number of hydrogen-bond donors (Lipinski definition) is 1. The van der Waals surface area contributed by atoms with Crippen LogP contribution in [0, 0.1) is 26.7 Å². The summed E-state index contributed by atoms with van der Waals surface area (Å²) in [6.45, 7) is 6.40. The Morgan fingerprint density at radius 1 is 1.19 bits per heavy atom. The van der Waals surface area contributed by atoms with Gasteiger partial charge >= 0.3 is 0 Å². The van der Waals surface area contributed by atoms with Crippen molar-refractivity contribution in [3.63, 3.8) is 0 Å². The molecule has 0 amide bonds.